The average Bonchev–Trinajstić information content (AvgIpc) is 2.65. The normalized spacial score (nSPS) is 13.9. The van der Waals surface area contributed by atoms with Crippen LogP contribution in [0, 0.1) is 0 Å². The Bertz CT molecular complexity index is 705. The predicted molar refractivity (Wildman–Crippen MR) is 65.9 cm³/mol. The monoisotopic (exact) mass is 282 g/mol. The number of halogens is 3. The Morgan fingerprint density at radius 2 is 1.95 bits per heavy atom. The van der Waals surface area contributed by atoms with Gasteiger partial charge < -0.3 is 10.6 Å². The second kappa shape index (κ2) is 3.99. The average molecular weight is 282 g/mol. The first-order valence-electron chi connectivity index (χ1n) is 5.68. The summed E-state index contributed by atoms with van der Waals surface area (Å²) in [5, 5.41) is 9.35. The van der Waals surface area contributed by atoms with E-state index in [-0.39, 0.29) is 11.3 Å². The van der Waals surface area contributed by atoms with Crippen molar-refractivity contribution in [3.05, 3.63) is 35.5 Å². The third-order valence-electron chi connectivity index (χ3n) is 2.92. The van der Waals surface area contributed by atoms with Crippen LogP contribution in [0.2, 0.25) is 0 Å². The molecule has 0 bridgehead atoms. The van der Waals surface area contributed by atoms with E-state index in [1.807, 2.05) is 0 Å². The Kier molecular flexibility index (Phi) is 2.50. The number of carbonyl (C=O) groups excluding carboxylic acids is 1. The van der Waals surface area contributed by atoms with Crippen LogP contribution in [0.5, 0.6) is 0 Å². The number of aromatic nitrogens is 2. The molecule has 0 spiro atoms. The topological polar surface area (TPSA) is 59.0 Å². The highest BCUT2D eigenvalue weighted by atomic mass is 19.4. The van der Waals surface area contributed by atoms with Gasteiger partial charge in [-0.3, -0.25) is 9.48 Å². The second-order valence-corrected chi connectivity index (χ2v) is 4.40. The van der Waals surface area contributed by atoms with Crippen LogP contribution in [0.4, 0.5) is 30.4 Å². The highest BCUT2D eigenvalue weighted by Gasteiger charge is 2.32. The summed E-state index contributed by atoms with van der Waals surface area (Å²) in [6.07, 6.45) is -2.97. The summed E-state index contributed by atoms with van der Waals surface area (Å²) in [4.78, 5) is 12.0. The molecule has 1 amide bonds. The zero-order valence-electron chi connectivity index (χ0n) is 10.2. The van der Waals surface area contributed by atoms with Gasteiger partial charge in [0.05, 0.1) is 16.9 Å². The summed E-state index contributed by atoms with van der Waals surface area (Å²) in [5.41, 5.74) is -0.106. The molecule has 0 saturated heterocycles. The van der Waals surface area contributed by atoms with Crippen molar-refractivity contribution in [3.8, 4) is 0 Å². The van der Waals surface area contributed by atoms with E-state index in [1.54, 1.807) is 7.05 Å². The maximum Gasteiger partial charge on any atom is 0.416 e. The van der Waals surface area contributed by atoms with E-state index < -0.39 is 17.6 Å². The van der Waals surface area contributed by atoms with Crippen LogP contribution in [0.1, 0.15) is 15.9 Å². The van der Waals surface area contributed by atoms with Crippen molar-refractivity contribution >= 4 is 23.1 Å². The number of hydrogen-bond donors (Lipinski definition) is 2. The standard InChI is InChI=1S/C12H9F3N4O/c1-19-5-7-10(18-19)16-8-3-2-6(12(13,14)15)4-9(8)17-11(7)20/h2-5H,1H3,(H,16,18)(H,17,20). The lowest BCUT2D eigenvalue weighted by Crippen LogP contribution is -2.11. The number of rotatable bonds is 0. The number of alkyl halides is 3. The van der Waals surface area contributed by atoms with Crippen LogP contribution in [0.3, 0.4) is 0 Å². The molecule has 2 N–H and O–H groups in total. The molecule has 1 aliphatic rings. The predicted octanol–water partition coefficient (Wildman–Crippen LogP) is 2.75. The number of carbonyl (C=O) groups is 1. The number of hydrogen-bond acceptors (Lipinski definition) is 3. The lowest BCUT2D eigenvalue weighted by molar-refractivity contribution is -0.137. The molecule has 3 rings (SSSR count). The van der Waals surface area contributed by atoms with Crippen LogP contribution in [0.25, 0.3) is 0 Å². The van der Waals surface area contributed by atoms with Gasteiger partial charge in [-0.15, -0.1) is 0 Å². The smallest absolute Gasteiger partial charge is 0.336 e. The number of nitrogens with zero attached hydrogens (tertiary/aromatic N) is 2. The first kappa shape index (κ1) is 12.5. The minimum atomic E-state index is -4.46. The third-order valence-corrected chi connectivity index (χ3v) is 2.92. The number of fused-ring (bicyclic) bond motifs is 2. The summed E-state index contributed by atoms with van der Waals surface area (Å²) < 4.78 is 39.4. The highest BCUT2D eigenvalue weighted by Crippen LogP contribution is 2.36. The van der Waals surface area contributed by atoms with Crippen LogP contribution in [0.15, 0.2) is 24.4 Å². The molecule has 0 fully saturated rings. The van der Waals surface area contributed by atoms with Crippen LogP contribution < -0.4 is 10.6 Å². The summed E-state index contributed by atoms with van der Waals surface area (Å²) in [5.74, 6) is -0.192. The Hall–Kier alpha value is -2.51. The minimum Gasteiger partial charge on any atom is -0.336 e. The van der Waals surface area contributed by atoms with E-state index in [9.17, 15) is 18.0 Å². The molecule has 1 aromatic heterocycles. The molecule has 2 heterocycles. The molecule has 0 radical (unpaired) electrons. The zero-order chi connectivity index (χ0) is 14.5. The molecular formula is C12H9F3N4O. The Labute approximate surface area is 111 Å². The van der Waals surface area contributed by atoms with E-state index in [2.05, 4.69) is 15.7 Å². The van der Waals surface area contributed by atoms with Gasteiger partial charge in [0, 0.05) is 13.2 Å². The first-order chi connectivity index (χ1) is 9.34. The van der Waals surface area contributed by atoms with Crippen molar-refractivity contribution in [1.82, 2.24) is 9.78 Å². The molecule has 20 heavy (non-hydrogen) atoms. The molecule has 0 atom stereocenters. The lowest BCUT2D eigenvalue weighted by atomic mass is 10.1. The van der Waals surface area contributed by atoms with Crippen LogP contribution in [-0.4, -0.2) is 15.7 Å². The molecule has 0 unspecified atom stereocenters. The van der Waals surface area contributed by atoms with Gasteiger partial charge in [-0.2, -0.15) is 18.3 Å². The Balaban J connectivity index is 2.08. The van der Waals surface area contributed by atoms with Crippen molar-refractivity contribution in [2.45, 2.75) is 6.18 Å². The highest BCUT2D eigenvalue weighted by molar-refractivity contribution is 6.11. The minimum absolute atomic E-state index is 0.0745. The fourth-order valence-electron chi connectivity index (χ4n) is 2.00. The van der Waals surface area contributed by atoms with Crippen molar-refractivity contribution in [1.29, 1.82) is 0 Å². The molecule has 5 nitrogen and oxygen atoms in total. The molecule has 1 aromatic carbocycles. The Morgan fingerprint density at radius 1 is 1.20 bits per heavy atom. The van der Waals surface area contributed by atoms with E-state index in [1.165, 1.54) is 16.9 Å². The van der Waals surface area contributed by atoms with Gasteiger partial charge in [0.2, 0.25) is 0 Å². The van der Waals surface area contributed by atoms with Gasteiger partial charge in [0.15, 0.2) is 5.82 Å². The number of benzene rings is 1. The van der Waals surface area contributed by atoms with Crippen molar-refractivity contribution in [2.75, 3.05) is 10.6 Å². The maximum atomic E-state index is 12.7. The van der Waals surface area contributed by atoms with E-state index >= 15 is 0 Å². The summed E-state index contributed by atoms with van der Waals surface area (Å²) in [6, 6.07) is 3.11. The SMILES string of the molecule is Cn1cc2c(n1)Nc1ccc(C(F)(F)F)cc1NC2=O. The molecule has 0 aliphatic carbocycles. The zero-order valence-corrected chi connectivity index (χ0v) is 10.2. The van der Waals surface area contributed by atoms with Crippen molar-refractivity contribution in [3.63, 3.8) is 0 Å². The second-order valence-electron chi connectivity index (χ2n) is 4.40. The van der Waals surface area contributed by atoms with Gasteiger partial charge in [0.25, 0.3) is 5.91 Å². The summed E-state index contributed by atoms with van der Waals surface area (Å²) >= 11 is 0. The maximum absolute atomic E-state index is 12.7. The molecule has 0 saturated carbocycles. The van der Waals surface area contributed by atoms with Crippen LogP contribution >= 0.6 is 0 Å². The summed E-state index contributed by atoms with van der Waals surface area (Å²) in [6.45, 7) is 0. The molecular weight excluding hydrogens is 273 g/mol. The van der Waals surface area contributed by atoms with E-state index in [0.717, 1.165) is 12.1 Å². The molecule has 8 heteroatoms. The number of anilines is 3. The largest absolute Gasteiger partial charge is 0.416 e. The number of aryl methyl sites for hydroxylation is 1. The molecule has 1 aliphatic heterocycles. The quantitative estimate of drug-likeness (QED) is 0.781. The lowest BCUT2D eigenvalue weighted by Gasteiger charge is -2.12. The van der Waals surface area contributed by atoms with E-state index in [0.29, 0.717) is 11.5 Å². The molecule has 2 aromatic rings. The molecule has 104 valence electrons. The van der Waals surface area contributed by atoms with Gasteiger partial charge in [-0.1, -0.05) is 0 Å². The Morgan fingerprint density at radius 3 is 2.65 bits per heavy atom. The van der Waals surface area contributed by atoms with Gasteiger partial charge in [0.1, 0.15) is 5.56 Å². The third kappa shape index (κ3) is 1.98. The number of nitrogens with one attached hydrogen (secondary N) is 2. The van der Waals surface area contributed by atoms with Gasteiger partial charge >= 0.3 is 6.18 Å². The fraction of sp³-hybridized carbons (Fsp3) is 0.167. The summed E-state index contributed by atoms with van der Waals surface area (Å²) in [7, 11) is 1.65. The van der Waals surface area contributed by atoms with Crippen LogP contribution in [-0.2, 0) is 13.2 Å². The van der Waals surface area contributed by atoms with Gasteiger partial charge in [-0.25, -0.2) is 0 Å². The van der Waals surface area contributed by atoms with Crippen molar-refractivity contribution < 1.29 is 18.0 Å². The van der Waals surface area contributed by atoms with Gasteiger partial charge in [-0.05, 0) is 18.2 Å². The first-order valence-corrected chi connectivity index (χ1v) is 5.68. The van der Waals surface area contributed by atoms with Crippen molar-refractivity contribution in [2.24, 2.45) is 7.05 Å². The fourth-order valence-corrected chi connectivity index (χ4v) is 2.00. The number of amides is 1. The van der Waals surface area contributed by atoms with E-state index in [4.69, 9.17) is 0 Å².